The summed E-state index contributed by atoms with van der Waals surface area (Å²) in [5, 5.41) is 17.2. The van der Waals surface area contributed by atoms with E-state index in [1.807, 2.05) is 0 Å². The van der Waals surface area contributed by atoms with Crippen LogP contribution in [0.1, 0.15) is 15.9 Å². The number of non-ortho nitro benzene ring substituents is 1. The highest BCUT2D eigenvalue weighted by Crippen LogP contribution is 2.14. The lowest BCUT2D eigenvalue weighted by molar-refractivity contribution is -0.384. The van der Waals surface area contributed by atoms with Gasteiger partial charge in [-0.1, -0.05) is 0 Å². The molecule has 66 valence electrons. The number of nitrogens with zero attached hydrogens (tertiary/aromatic N) is 1. The van der Waals surface area contributed by atoms with Crippen molar-refractivity contribution in [1.82, 2.24) is 0 Å². The summed E-state index contributed by atoms with van der Waals surface area (Å²) >= 11 is 0. The molecule has 0 fully saturated rings. The van der Waals surface area contributed by atoms with E-state index in [2.05, 4.69) is 0 Å². The van der Waals surface area contributed by atoms with E-state index < -0.39 is 4.92 Å². The molecular formula is C8H6N2O3. The standard InChI is InChI=1S/C8H6N2O3/c9-4-6-1-2-8(10(12)13)3-7(6)5-11/h1-5,9H. The van der Waals surface area contributed by atoms with Crippen LogP contribution in [0.25, 0.3) is 0 Å². The molecule has 5 nitrogen and oxygen atoms in total. The fraction of sp³-hybridized carbons (Fsp3) is 0. The first-order valence-corrected chi connectivity index (χ1v) is 3.43. The van der Waals surface area contributed by atoms with Crippen LogP contribution in [0.2, 0.25) is 0 Å². The van der Waals surface area contributed by atoms with Gasteiger partial charge in [0.15, 0.2) is 6.29 Å². The van der Waals surface area contributed by atoms with Crippen molar-refractivity contribution in [3.05, 3.63) is 39.4 Å². The van der Waals surface area contributed by atoms with Gasteiger partial charge in [-0.15, -0.1) is 0 Å². The van der Waals surface area contributed by atoms with Crippen molar-refractivity contribution in [3.8, 4) is 0 Å². The Bertz CT molecular complexity index is 374. The van der Waals surface area contributed by atoms with Crippen LogP contribution in [-0.2, 0) is 0 Å². The fourth-order valence-electron chi connectivity index (χ4n) is 0.909. The van der Waals surface area contributed by atoms with Crippen molar-refractivity contribution in [3.63, 3.8) is 0 Å². The molecule has 0 spiro atoms. The van der Waals surface area contributed by atoms with Crippen molar-refractivity contribution in [2.24, 2.45) is 0 Å². The van der Waals surface area contributed by atoms with Crippen molar-refractivity contribution >= 4 is 18.2 Å². The Morgan fingerprint density at radius 2 is 2.08 bits per heavy atom. The Morgan fingerprint density at radius 3 is 2.54 bits per heavy atom. The third kappa shape index (κ3) is 1.76. The Labute approximate surface area is 73.7 Å². The van der Waals surface area contributed by atoms with E-state index in [9.17, 15) is 14.9 Å². The zero-order valence-electron chi connectivity index (χ0n) is 6.56. The molecule has 5 heteroatoms. The maximum atomic E-state index is 10.4. The van der Waals surface area contributed by atoms with Gasteiger partial charge < -0.3 is 5.41 Å². The predicted octanol–water partition coefficient (Wildman–Crippen LogP) is 1.40. The molecule has 0 aliphatic carbocycles. The van der Waals surface area contributed by atoms with Crippen molar-refractivity contribution in [2.75, 3.05) is 0 Å². The van der Waals surface area contributed by atoms with Crippen LogP contribution in [0.5, 0.6) is 0 Å². The minimum atomic E-state index is -0.583. The maximum Gasteiger partial charge on any atom is 0.270 e. The van der Waals surface area contributed by atoms with E-state index in [-0.39, 0.29) is 11.3 Å². The van der Waals surface area contributed by atoms with Gasteiger partial charge in [-0.2, -0.15) is 0 Å². The summed E-state index contributed by atoms with van der Waals surface area (Å²) in [5.74, 6) is 0. The Hall–Kier alpha value is -2.04. The maximum absolute atomic E-state index is 10.4. The number of hydrogen-bond donors (Lipinski definition) is 1. The molecule has 0 saturated carbocycles. The Balaban J connectivity index is 3.28. The summed E-state index contributed by atoms with van der Waals surface area (Å²) < 4.78 is 0. The van der Waals surface area contributed by atoms with Gasteiger partial charge in [0, 0.05) is 29.5 Å². The molecule has 0 saturated heterocycles. The Kier molecular flexibility index (Phi) is 2.49. The number of carbonyl (C=O) groups is 1. The molecule has 0 aromatic heterocycles. The third-order valence-electron chi connectivity index (χ3n) is 1.56. The number of aldehydes is 1. The highest BCUT2D eigenvalue weighted by atomic mass is 16.6. The Morgan fingerprint density at radius 1 is 1.38 bits per heavy atom. The number of hydrogen-bond acceptors (Lipinski definition) is 4. The monoisotopic (exact) mass is 178 g/mol. The third-order valence-corrected chi connectivity index (χ3v) is 1.56. The van der Waals surface area contributed by atoms with Crippen LogP contribution in [0.3, 0.4) is 0 Å². The van der Waals surface area contributed by atoms with Gasteiger partial charge in [0.2, 0.25) is 0 Å². The van der Waals surface area contributed by atoms with E-state index >= 15 is 0 Å². The molecule has 0 unspecified atom stereocenters. The average Bonchev–Trinajstić information content (AvgIpc) is 2.16. The fourth-order valence-corrected chi connectivity index (χ4v) is 0.909. The highest BCUT2D eigenvalue weighted by molar-refractivity contribution is 5.91. The number of nitrogens with one attached hydrogen (secondary N) is 1. The van der Waals surface area contributed by atoms with Gasteiger partial charge in [-0.05, 0) is 6.07 Å². The molecule has 1 rings (SSSR count). The second-order valence-electron chi connectivity index (χ2n) is 2.33. The molecule has 1 N–H and O–H groups in total. The van der Waals surface area contributed by atoms with E-state index in [0.29, 0.717) is 11.8 Å². The molecule has 0 radical (unpaired) electrons. The van der Waals surface area contributed by atoms with Crippen molar-refractivity contribution in [1.29, 1.82) is 5.41 Å². The summed E-state index contributed by atoms with van der Waals surface area (Å²) in [6.07, 6.45) is 1.47. The van der Waals surface area contributed by atoms with Gasteiger partial charge in [0.05, 0.1) is 4.92 Å². The minimum absolute atomic E-state index is 0.146. The molecule has 0 bridgehead atoms. The largest absolute Gasteiger partial charge is 0.308 e. The van der Waals surface area contributed by atoms with Crippen molar-refractivity contribution in [2.45, 2.75) is 0 Å². The lowest BCUT2D eigenvalue weighted by atomic mass is 10.1. The minimum Gasteiger partial charge on any atom is -0.308 e. The molecule has 1 aromatic rings. The van der Waals surface area contributed by atoms with Crippen LogP contribution in [0.4, 0.5) is 5.69 Å². The van der Waals surface area contributed by atoms with Gasteiger partial charge in [-0.3, -0.25) is 14.9 Å². The number of nitro benzene ring substituents is 1. The molecule has 13 heavy (non-hydrogen) atoms. The molecule has 1 aromatic carbocycles. The molecule has 0 amide bonds. The van der Waals surface area contributed by atoms with Gasteiger partial charge in [0.1, 0.15) is 0 Å². The van der Waals surface area contributed by atoms with Crippen LogP contribution in [0, 0.1) is 15.5 Å². The first-order chi connectivity index (χ1) is 6.19. The molecule has 0 atom stereocenters. The normalized spacial score (nSPS) is 9.23. The van der Waals surface area contributed by atoms with Crippen LogP contribution >= 0.6 is 0 Å². The van der Waals surface area contributed by atoms with Crippen LogP contribution < -0.4 is 0 Å². The predicted molar refractivity (Wildman–Crippen MR) is 46.4 cm³/mol. The zero-order chi connectivity index (χ0) is 9.84. The van der Waals surface area contributed by atoms with E-state index in [1.165, 1.54) is 12.1 Å². The van der Waals surface area contributed by atoms with Crippen LogP contribution in [0.15, 0.2) is 18.2 Å². The van der Waals surface area contributed by atoms with Gasteiger partial charge >= 0.3 is 0 Å². The lowest BCUT2D eigenvalue weighted by Crippen LogP contribution is -1.94. The first-order valence-electron chi connectivity index (χ1n) is 3.43. The van der Waals surface area contributed by atoms with E-state index in [0.717, 1.165) is 12.3 Å². The van der Waals surface area contributed by atoms with Crippen molar-refractivity contribution < 1.29 is 9.72 Å². The highest BCUT2D eigenvalue weighted by Gasteiger charge is 2.08. The zero-order valence-corrected chi connectivity index (χ0v) is 6.56. The number of rotatable bonds is 3. The molecule has 0 aliphatic rings. The smallest absolute Gasteiger partial charge is 0.270 e. The number of carbonyl (C=O) groups excluding carboxylic acids is 1. The van der Waals surface area contributed by atoms with Crippen LogP contribution in [-0.4, -0.2) is 17.4 Å². The summed E-state index contributed by atoms with van der Waals surface area (Å²) in [7, 11) is 0. The average molecular weight is 178 g/mol. The van der Waals surface area contributed by atoms with Gasteiger partial charge in [0.25, 0.3) is 5.69 Å². The quantitative estimate of drug-likeness (QED) is 0.328. The summed E-state index contributed by atoms with van der Waals surface area (Å²) in [4.78, 5) is 20.2. The second kappa shape index (κ2) is 3.57. The van der Waals surface area contributed by atoms with E-state index in [1.54, 1.807) is 0 Å². The molecule has 0 heterocycles. The SMILES string of the molecule is N=Cc1ccc([N+](=O)[O-])cc1C=O. The molecule has 0 aliphatic heterocycles. The second-order valence-corrected chi connectivity index (χ2v) is 2.33. The topological polar surface area (TPSA) is 84.1 Å². The number of nitro groups is 1. The summed E-state index contributed by atoms with van der Waals surface area (Å²) in [5.41, 5.74) is 0.387. The van der Waals surface area contributed by atoms with Gasteiger partial charge in [-0.25, -0.2) is 0 Å². The first kappa shape index (κ1) is 9.05. The summed E-state index contributed by atoms with van der Waals surface area (Å²) in [6, 6.07) is 3.77. The van der Waals surface area contributed by atoms with E-state index in [4.69, 9.17) is 5.41 Å². The number of benzene rings is 1. The summed E-state index contributed by atoms with van der Waals surface area (Å²) in [6.45, 7) is 0. The molecular weight excluding hydrogens is 172 g/mol. The lowest BCUT2D eigenvalue weighted by Gasteiger charge is -1.96.